The smallest absolute Gasteiger partial charge is 0.488 e. The topological polar surface area (TPSA) is 87.0 Å². The molecule has 0 saturated heterocycles. The number of rotatable bonds is 5. The molecule has 2 rings (SSSR count). The van der Waals surface area contributed by atoms with Gasteiger partial charge in [-0.25, -0.2) is 4.79 Å². The van der Waals surface area contributed by atoms with Crippen molar-refractivity contribution in [3.8, 4) is 5.75 Å². The van der Waals surface area contributed by atoms with Crippen molar-refractivity contribution in [1.82, 2.24) is 0 Å². The quantitative estimate of drug-likeness (QED) is 0.695. The van der Waals surface area contributed by atoms with E-state index >= 15 is 0 Å². The lowest BCUT2D eigenvalue weighted by Crippen LogP contribution is -2.30. The average molecular weight is 272 g/mol. The first kappa shape index (κ1) is 14.1. The molecule has 0 spiro atoms. The Kier molecular flexibility index (Phi) is 4.39. The van der Waals surface area contributed by atoms with Crippen LogP contribution in [0.25, 0.3) is 0 Å². The summed E-state index contributed by atoms with van der Waals surface area (Å²) in [6, 6.07) is 13.3. The van der Waals surface area contributed by atoms with Crippen molar-refractivity contribution in [2.75, 3.05) is 0 Å². The molecule has 0 heterocycles. The molecule has 0 radical (unpaired) electrons. The molecule has 2 aromatic rings. The summed E-state index contributed by atoms with van der Waals surface area (Å²) in [7, 11) is -1.74. The summed E-state index contributed by atoms with van der Waals surface area (Å²) < 4.78 is 5.49. The Labute approximate surface area is 116 Å². The van der Waals surface area contributed by atoms with Crippen LogP contribution in [-0.4, -0.2) is 28.2 Å². The Balaban J connectivity index is 2.20. The molecular weight excluding hydrogens is 259 g/mol. The molecule has 6 heteroatoms. The molecular formula is C14H13BO5. The second-order valence-corrected chi connectivity index (χ2v) is 4.24. The zero-order valence-corrected chi connectivity index (χ0v) is 10.6. The number of carbonyl (C=O) groups is 1. The van der Waals surface area contributed by atoms with Gasteiger partial charge in [-0.2, -0.15) is 0 Å². The van der Waals surface area contributed by atoms with Gasteiger partial charge in [-0.1, -0.05) is 30.3 Å². The zero-order valence-electron chi connectivity index (χ0n) is 10.6. The van der Waals surface area contributed by atoms with Gasteiger partial charge >= 0.3 is 13.1 Å². The van der Waals surface area contributed by atoms with Gasteiger partial charge in [0.15, 0.2) is 0 Å². The van der Waals surface area contributed by atoms with Crippen LogP contribution >= 0.6 is 0 Å². The number of benzene rings is 2. The second kappa shape index (κ2) is 6.23. The lowest BCUT2D eigenvalue weighted by molar-refractivity contribution is 0.0696. The summed E-state index contributed by atoms with van der Waals surface area (Å²) in [4.78, 5) is 11.0. The second-order valence-electron chi connectivity index (χ2n) is 4.24. The largest absolute Gasteiger partial charge is 0.489 e. The van der Waals surface area contributed by atoms with Crippen LogP contribution in [0.4, 0.5) is 0 Å². The fourth-order valence-corrected chi connectivity index (χ4v) is 1.72. The Hall–Kier alpha value is -2.31. The van der Waals surface area contributed by atoms with Gasteiger partial charge in [-0.15, -0.1) is 0 Å². The van der Waals surface area contributed by atoms with Gasteiger partial charge in [0.2, 0.25) is 0 Å². The van der Waals surface area contributed by atoms with E-state index in [-0.39, 0.29) is 23.4 Å². The maximum atomic E-state index is 11.0. The minimum Gasteiger partial charge on any atom is -0.489 e. The van der Waals surface area contributed by atoms with E-state index in [1.165, 1.54) is 18.2 Å². The third-order valence-corrected chi connectivity index (χ3v) is 2.72. The number of hydrogen-bond acceptors (Lipinski definition) is 4. The highest BCUT2D eigenvalue weighted by atomic mass is 16.5. The fraction of sp³-hybridized carbons (Fsp3) is 0.0714. The van der Waals surface area contributed by atoms with Crippen molar-refractivity contribution in [2.45, 2.75) is 6.61 Å². The number of carboxylic acids is 1. The molecule has 0 aliphatic carbocycles. The lowest BCUT2D eigenvalue weighted by Gasteiger charge is -2.09. The van der Waals surface area contributed by atoms with E-state index in [0.29, 0.717) is 0 Å². The number of ether oxygens (including phenoxy) is 1. The monoisotopic (exact) mass is 272 g/mol. The predicted octanol–water partition coefficient (Wildman–Crippen LogP) is 0.644. The van der Waals surface area contributed by atoms with Gasteiger partial charge in [0.1, 0.15) is 12.4 Å². The fourth-order valence-electron chi connectivity index (χ4n) is 1.72. The minimum absolute atomic E-state index is 0.0568. The normalized spacial score (nSPS) is 10.1. The molecule has 0 fully saturated rings. The van der Waals surface area contributed by atoms with Crippen molar-refractivity contribution < 1.29 is 24.7 Å². The lowest BCUT2D eigenvalue weighted by atomic mass is 9.79. The highest BCUT2D eigenvalue weighted by Gasteiger charge is 2.16. The first-order valence-corrected chi connectivity index (χ1v) is 5.97. The van der Waals surface area contributed by atoms with Gasteiger partial charge in [-0.3, -0.25) is 0 Å². The molecule has 102 valence electrons. The maximum Gasteiger partial charge on any atom is 0.488 e. The van der Waals surface area contributed by atoms with Crippen LogP contribution in [0, 0.1) is 0 Å². The third-order valence-electron chi connectivity index (χ3n) is 2.72. The Morgan fingerprint density at radius 1 is 1.10 bits per heavy atom. The maximum absolute atomic E-state index is 11.0. The molecule has 3 N–H and O–H groups in total. The summed E-state index contributed by atoms with van der Waals surface area (Å²) in [5.41, 5.74) is 0.950. The molecule has 0 bridgehead atoms. The number of aromatic carboxylic acids is 1. The van der Waals surface area contributed by atoms with E-state index in [0.717, 1.165) is 5.56 Å². The SMILES string of the molecule is O=C(O)c1cc(OCc2ccccc2)cc(B(O)O)c1. The van der Waals surface area contributed by atoms with Gasteiger partial charge in [0, 0.05) is 0 Å². The number of carboxylic acid groups (broad SMARTS) is 1. The Morgan fingerprint density at radius 2 is 1.80 bits per heavy atom. The Bertz CT molecular complexity index is 598. The molecule has 0 saturated carbocycles. The minimum atomic E-state index is -1.74. The molecule has 0 aliphatic rings. The van der Waals surface area contributed by atoms with Crippen molar-refractivity contribution in [1.29, 1.82) is 0 Å². The van der Waals surface area contributed by atoms with Crippen molar-refractivity contribution in [3.63, 3.8) is 0 Å². The van der Waals surface area contributed by atoms with E-state index in [1.807, 2.05) is 30.3 Å². The van der Waals surface area contributed by atoms with E-state index in [2.05, 4.69) is 0 Å². The molecule has 5 nitrogen and oxygen atoms in total. The first-order chi connectivity index (χ1) is 9.56. The van der Waals surface area contributed by atoms with Gasteiger partial charge < -0.3 is 19.9 Å². The summed E-state index contributed by atoms with van der Waals surface area (Å²) in [5.74, 6) is -0.881. The van der Waals surface area contributed by atoms with Crippen LogP contribution in [0.3, 0.4) is 0 Å². The molecule has 0 unspecified atom stereocenters. The van der Waals surface area contributed by atoms with Gasteiger partial charge in [0.25, 0.3) is 0 Å². The van der Waals surface area contributed by atoms with E-state index < -0.39 is 13.1 Å². The highest BCUT2D eigenvalue weighted by Crippen LogP contribution is 2.14. The summed E-state index contributed by atoms with van der Waals surface area (Å²) in [5, 5.41) is 27.3. The summed E-state index contributed by atoms with van der Waals surface area (Å²) >= 11 is 0. The molecule has 0 atom stereocenters. The van der Waals surface area contributed by atoms with Crippen molar-refractivity contribution >= 4 is 18.6 Å². The van der Waals surface area contributed by atoms with Gasteiger partial charge in [-0.05, 0) is 29.2 Å². The van der Waals surface area contributed by atoms with E-state index in [1.54, 1.807) is 0 Å². The molecule has 20 heavy (non-hydrogen) atoms. The zero-order chi connectivity index (χ0) is 14.5. The van der Waals surface area contributed by atoms with Crippen molar-refractivity contribution in [3.05, 3.63) is 59.7 Å². The molecule has 0 amide bonds. The molecule has 0 aliphatic heterocycles. The van der Waals surface area contributed by atoms with Crippen LogP contribution < -0.4 is 10.2 Å². The first-order valence-electron chi connectivity index (χ1n) is 5.97. The van der Waals surface area contributed by atoms with Gasteiger partial charge in [0.05, 0.1) is 5.56 Å². The van der Waals surface area contributed by atoms with E-state index in [4.69, 9.17) is 19.9 Å². The third kappa shape index (κ3) is 3.60. The van der Waals surface area contributed by atoms with E-state index in [9.17, 15) is 4.79 Å². The predicted molar refractivity (Wildman–Crippen MR) is 74.0 cm³/mol. The Morgan fingerprint density at radius 3 is 2.40 bits per heavy atom. The molecule has 2 aromatic carbocycles. The standard InChI is InChI=1S/C14H13BO5/c16-14(17)11-6-12(15(18)19)8-13(7-11)20-9-10-4-2-1-3-5-10/h1-8,18-19H,9H2,(H,16,17). The van der Waals surface area contributed by atoms with Crippen LogP contribution in [-0.2, 0) is 6.61 Å². The van der Waals surface area contributed by atoms with Crippen LogP contribution in [0.15, 0.2) is 48.5 Å². The average Bonchev–Trinajstić information content (AvgIpc) is 2.45. The number of hydrogen-bond donors (Lipinski definition) is 3. The molecule has 0 aromatic heterocycles. The summed E-state index contributed by atoms with van der Waals surface area (Å²) in [6.07, 6.45) is 0. The van der Waals surface area contributed by atoms with Crippen LogP contribution in [0.1, 0.15) is 15.9 Å². The summed E-state index contributed by atoms with van der Waals surface area (Å²) in [6.45, 7) is 0.269. The van der Waals surface area contributed by atoms with Crippen molar-refractivity contribution in [2.24, 2.45) is 0 Å². The highest BCUT2D eigenvalue weighted by molar-refractivity contribution is 6.58. The van der Waals surface area contributed by atoms with Crippen LogP contribution in [0.5, 0.6) is 5.75 Å². The van der Waals surface area contributed by atoms with Crippen LogP contribution in [0.2, 0.25) is 0 Å².